The number of hydrogen-bond donors (Lipinski definition) is 0. The summed E-state index contributed by atoms with van der Waals surface area (Å²) in [5.74, 6) is 0. The van der Waals surface area contributed by atoms with E-state index in [-0.39, 0.29) is 15.6 Å². The topological polar surface area (TPSA) is 34.9 Å². The maximum absolute atomic E-state index is 11.8. The van der Waals surface area contributed by atoms with Gasteiger partial charge >= 0.3 is 0 Å². The summed E-state index contributed by atoms with van der Waals surface area (Å²) >= 11 is 14.8. The highest BCUT2D eigenvalue weighted by molar-refractivity contribution is 9.10. The fourth-order valence-corrected chi connectivity index (χ4v) is 2.08. The minimum absolute atomic E-state index is 0.00309. The lowest BCUT2D eigenvalue weighted by atomic mass is 10.2. The summed E-state index contributed by atoms with van der Waals surface area (Å²) in [5, 5.41) is 4.10. The molecule has 0 fully saturated rings. The second-order valence-electron chi connectivity index (χ2n) is 3.40. The van der Waals surface area contributed by atoms with Crippen LogP contribution >= 0.6 is 39.1 Å². The molecule has 1 aromatic heterocycles. The molecule has 0 bridgehead atoms. The standard InChI is InChI=1S/C11H7BrCl2N2O/c12-8-3-1-2-7(4-8)6-16-11(17)10(14)9(13)5-15-16/h1-5H,6H2. The summed E-state index contributed by atoms with van der Waals surface area (Å²) in [6.45, 7) is 0.356. The van der Waals surface area contributed by atoms with Crippen LogP contribution < -0.4 is 5.56 Å². The average Bonchev–Trinajstić information content (AvgIpc) is 2.30. The van der Waals surface area contributed by atoms with Crippen LogP contribution in [0.1, 0.15) is 5.56 Å². The largest absolute Gasteiger partial charge is 0.287 e. The van der Waals surface area contributed by atoms with Gasteiger partial charge in [0.05, 0.1) is 17.8 Å². The molecule has 3 nitrogen and oxygen atoms in total. The van der Waals surface area contributed by atoms with Crippen LogP contribution in [-0.4, -0.2) is 9.78 Å². The molecule has 0 atom stereocenters. The van der Waals surface area contributed by atoms with E-state index >= 15 is 0 Å². The molecule has 0 aliphatic carbocycles. The molecule has 0 spiro atoms. The Morgan fingerprint density at radius 1 is 1.35 bits per heavy atom. The molecule has 0 saturated heterocycles. The van der Waals surface area contributed by atoms with Crippen molar-refractivity contribution in [3.63, 3.8) is 0 Å². The van der Waals surface area contributed by atoms with Gasteiger partial charge in [-0.3, -0.25) is 4.79 Å². The number of hydrogen-bond acceptors (Lipinski definition) is 2. The number of benzene rings is 1. The van der Waals surface area contributed by atoms with Gasteiger partial charge in [0.1, 0.15) is 5.02 Å². The van der Waals surface area contributed by atoms with Gasteiger partial charge in [-0.1, -0.05) is 51.3 Å². The molecule has 2 aromatic rings. The minimum Gasteiger partial charge on any atom is -0.266 e. The maximum Gasteiger partial charge on any atom is 0.287 e. The van der Waals surface area contributed by atoms with Crippen LogP contribution in [0.15, 0.2) is 39.7 Å². The molecule has 0 unspecified atom stereocenters. The van der Waals surface area contributed by atoms with Gasteiger partial charge in [-0.2, -0.15) is 5.10 Å². The second kappa shape index (κ2) is 5.21. The Morgan fingerprint density at radius 2 is 2.12 bits per heavy atom. The average molecular weight is 334 g/mol. The van der Waals surface area contributed by atoms with E-state index in [9.17, 15) is 4.79 Å². The zero-order valence-corrected chi connectivity index (χ0v) is 11.6. The number of aromatic nitrogens is 2. The second-order valence-corrected chi connectivity index (χ2v) is 5.10. The van der Waals surface area contributed by atoms with Gasteiger partial charge in [0.25, 0.3) is 5.56 Å². The van der Waals surface area contributed by atoms with Crippen LogP contribution in [0, 0.1) is 0 Å². The smallest absolute Gasteiger partial charge is 0.266 e. The van der Waals surface area contributed by atoms with Crippen LogP contribution in [0.25, 0.3) is 0 Å². The first-order chi connectivity index (χ1) is 8.08. The maximum atomic E-state index is 11.8. The molecule has 1 heterocycles. The number of nitrogens with zero attached hydrogens (tertiary/aromatic N) is 2. The Morgan fingerprint density at radius 3 is 2.82 bits per heavy atom. The predicted octanol–water partition coefficient (Wildman–Crippen LogP) is 3.36. The van der Waals surface area contributed by atoms with E-state index < -0.39 is 0 Å². The first-order valence-electron chi connectivity index (χ1n) is 4.73. The highest BCUT2D eigenvalue weighted by Gasteiger charge is 2.07. The molecule has 88 valence electrons. The van der Waals surface area contributed by atoms with Crippen molar-refractivity contribution in [3.05, 3.63) is 60.9 Å². The van der Waals surface area contributed by atoms with Gasteiger partial charge in [0.15, 0.2) is 0 Å². The molecule has 0 aliphatic rings. The van der Waals surface area contributed by atoms with Crippen LogP contribution in [-0.2, 0) is 6.54 Å². The van der Waals surface area contributed by atoms with Crippen LogP contribution in [0.4, 0.5) is 0 Å². The van der Waals surface area contributed by atoms with Crippen molar-refractivity contribution in [3.8, 4) is 0 Å². The Kier molecular flexibility index (Phi) is 3.86. The lowest BCUT2D eigenvalue weighted by Gasteiger charge is -2.05. The van der Waals surface area contributed by atoms with Gasteiger partial charge in [0, 0.05) is 4.47 Å². The quantitative estimate of drug-likeness (QED) is 0.844. The number of rotatable bonds is 2. The molecule has 0 N–H and O–H groups in total. The highest BCUT2D eigenvalue weighted by Crippen LogP contribution is 2.16. The summed E-state index contributed by atoms with van der Waals surface area (Å²) in [5.41, 5.74) is 0.562. The summed E-state index contributed by atoms with van der Waals surface area (Å²) in [6, 6.07) is 7.62. The molecular formula is C11H7BrCl2N2O. The van der Waals surface area contributed by atoms with Crippen molar-refractivity contribution in [1.29, 1.82) is 0 Å². The zero-order valence-electron chi connectivity index (χ0n) is 8.53. The molecule has 1 aromatic carbocycles. The van der Waals surface area contributed by atoms with E-state index in [2.05, 4.69) is 21.0 Å². The summed E-state index contributed by atoms with van der Waals surface area (Å²) < 4.78 is 2.22. The van der Waals surface area contributed by atoms with Crippen LogP contribution in [0.3, 0.4) is 0 Å². The van der Waals surface area contributed by atoms with Crippen molar-refractivity contribution in [2.45, 2.75) is 6.54 Å². The Hall–Kier alpha value is -0.840. The summed E-state index contributed by atoms with van der Waals surface area (Å²) in [7, 11) is 0. The monoisotopic (exact) mass is 332 g/mol. The van der Waals surface area contributed by atoms with E-state index in [0.29, 0.717) is 6.54 Å². The third-order valence-corrected chi connectivity index (χ3v) is 3.41. The Bertz CT molecular complexity index is 613. The van der Waals surface area contributed by atoms with Crippen molar-refractivity contribution in [2.75, 3.05) is 0 Å². The van der Waals surface area contributed by atoms with Crippen molar-refractivity contribution in [1.82, 2.24) is 9.78 Å². The first kappa shape index (κ1) is 12.6. The summed E-state index contributed by atoms with van der Waals surface area (Å²) in [6.07, 6.45) is 1.36. The van der Waals surface area contributed by atoms with Gasteiger partial charge in [-0.25, -0.2) is 4.68 Å². The van der Waals surface area contributed by atoms with Gasteiger partial charge in [0.2, 0.25) is 0 Å². The molecule has 0 aliphatic heterocycles. The van der Waals surface area contributed by atoms with Crippen LogP contribution in [0.2, 0.25) is 10.0 Å². The van der Waals surface area contributed by atoms with Gasteiger partial charge in [-0.15, -0.1) is 0 Å². The van der Waals surface area contributed by atoms with Crippen LogP contribution in [0.5, 0.6) is 0 Å². The molecule has 0 saturated carbocycles. The Labute approximate surface area is 116 Å². The van der Waals surface area contributed by atoms with Crippen molar-refractivity contribution >= 4 is 39.1 Å². The fraction of sp³-hybridized carbons (Fsp3) is 0.0909. The molecular weight excluding hydrogens is 327 g/mol. The third-order valence-electron chi connectivity index (χ3n) is 2.16. The van der Waals surface area contributed by atoms with Crippen molar-refractivity contribution in [2.24, 2.45) is 0 Å². The van der Waals surface area contributed by atoms with Crippen molar-refractivity contribution < 1.29 is 0 Å². The highest BCUT2D eigenvalue weighted by atomic mass is 79.9. The molecule has 2 rings (SSSR count). The van der Waals surface area contributed by atoms with E-state index in [4.69, 9.17) is 23.2 Å². The first-order valence-corrected chi connectivity index (χ1v) is 6.28. The molecule has 17 heavy (non-hydrogen) atoms. The fourth-order valence-electron chi connectivity index (χ4n) is 1.37. The van der Waals surface area contributed by atoms with E-state index in [1.165, 1.54) is 10.9 Å². The zero-order chi connectivity index (χ0) is 12.4. The van der Waals surface area contributed by atoms with E-state index in [1.54, 1.807) is 0 Å². The third kappa shape index (κ3) is 2.89. The molecule has 0 amide bonds. The molecule has 0 radical (unpaired) electrons. The minimum atomic E-state index is -0.390. The number of halogens is 3. The SMILES string of the molecule is O=c1c(Cl)c(Cl)cnn1Cc1cccc(Br)c1. The van der Waals surface area contributed by atoms with E-state index in [0.717, 1.165) is 10.0 Å². The van der Waals surface area contributed by atoms with Gasteiger partial charge < -0.3 is 0 Å². The predicted molar refractivity (Wildman–Crippen MR) is 71.8 cm³/mol. The van der Waals surface area contributed by atoms with E-state index in [1.807, 2.05) is 24.3 Å². The normalized spacial score (nSPS) is 10.5. The summed E-state index contributed by atoms with van der Waals surface area (Å²) in [4.78, 5) is 11.8. The molecule has 6 heteroatoms. The lowest BCUT2D eigenvalue weighted by Crippen LogP contribution is -2.23. The Balaban J connectivity index is 2.37. The lowest BCUT2D eigenvalue weighted by molar-refractivity contribution is 0.639. The van der Waals surface area contributed by atoms with Gasteiger partial charge in [-0.05, 0) is 17.7 Å².